The molecule has 17 heavy (non-hydrogen) atoms. The van der Waals surface area contributed by atoms with Crippen LogP contribution in [0.25, 0.3) is 6.08 Å². The lowest BCUT2D eigenvalue weighted by Gasteiger charge is -2.06. The summed E-state index contributed by atoms with van der Waals surface area (Å²) < 4.78 is 0. The predicted molar refractivity (Wildman–Crippen MR) is 64.4 cm³/mol. The number of nitrogens with one attached hydrogen (secondary N) is 1. The van der Waals surface area contributed by atoms with Crippen molar-refractivity contribution in [2.24, 2.45) is 5.92 Å². The molecule has 1 heterocycles. The van der Waals surface area contributed by atoms with Gasteiger partial charge in [0.2, 0.25) is 5.91 Å². The second-order valence-electron chi connectivity index (χ2n) is 3.76. The number of rotatable bonds is 4. The summed E-state index contributed by atoms with van der Waals surface area (Å²) >= 11 is 0. The number of hydrogen-bond donors (Lipinski definition) is 2. The van der Waals surface area contributed by atoms with Crippen LogP contribution >= 0.6 is 0 Å². The highest BCUT2D eigenvalue weighted by molar-refractivity contribution is 5.91. The van der Waals surface area contributed by atoms with E-state index >= 15 is 0 Å². The molecule has 1 rings (SSSR count). The number of pyridine rings is 1. The van der Waals surface area contributed by atoms with Crippen molar-refractivity contribution in [2.75, 3.05) is 5.32 Å². The van der Waals surface area contributed by atoms with Crippen LogP contribution in [0, 0.1) is 5.92 Å². The standard InChI is InChI=1S/C12H14N2O3/c1-8(2)12(17)14-10-5-3-4-9(13-10)6-7-11(15)16/h3-8H,1-2H3,(H,15,16)(H,13,14,17). The molecule has 0 fully saturated rings. The quantitative estimate of drug-likeness (QED) is 0.778. The van der Waals surface area contributed by atoms with Crippen molar-refractivity contribution in [1.82, 2.24) is 4.98 Å². The van der Waals surface area contributed by atoms with E-state index in [9.17, 15) is 9.59 Å². The van der Waals surface area contributed by atoms with Crippen molar-refractivity contribution in [3.63, 3.8) is 0 Å². The number of carboxylic acids is 1. The smallest absolute Gasteiger partial charge is 0.328 e. The molecule has 0 bridgehead atoms. The maximum atomic E-state index is 11.4. The summed E-state index contributed by atoms with van der Waals surface area (Å²) in [5, 5.41) is 11.1. The van der Waals surface area contributed by atoms with E-state index in [1.165, 1.54) is 6.08 Å². The normalized spacial score (nSPS) is 10.8. The van der Waals surface area contributed by atoms with E-state index in [-0.39, 0.29) is 11.8 Å². The van der Waals surface area contributed by atoms with Crippen molar-refractivity contribution >= 4 is 23.8 Å². The van der Waals surface area contributed by atoms with Gasteiger partial charge in [-0.1, -0.05) is 19.9 Å². The van der Waals surface area contributed by atoms with E-state index in [4.69, 9.17) is 5.11 Å². The molecule has 5 heteroatoms. The van der Waals surface area contributed by atoms with E-state index in [1.54, 1.807) is 32.0 Å². The number of carbonyl (C=O) groups is 2. The molecule has 5 nitrogen and oxygen atoms in total. The van der Waals surface area contributed by atoms with E-state index in [0.29, 0.717) is 11.5 Å². The molecule has 0 atom stereocenters. The molecule has 0 aliphatic heterocycles. The summed E-state index contributed by atoms with van der Waals surface area (Å²) in [7, 11) is 0. The number of aromatic nitrogens is 1. The molecule has 1 aromatic rings. The first-order valence-corrected chi connectivity index (χ1v) is 5.18. The fraction of sp³-hybridized carbons (Fsp3) is 0.250. The number of hydrogen-bond acceptors (Lipinski definition) is 3. The molecular formula is C12H14N2O3. The average Bonchev–Trinajstić information content (AvgIpc) is 2.26. The Morgan fingerprint density at radius 2 is 2.12 bits per heavy atom. The summed E-state index contributed by atoms with van der Waals surface area (Å²) in [6, 6.07) is 5.01. The maximum Gasteiger partial charge on any atom is 0.328 e. The SMILES string of the molecule is CC(C)C(=O)Nc1cccc(C=CC(=O)O)n1. The van der Waals surface area contributed by atoms with Crippen LogP contribution in [0.15, 0.2) is 24.3 Å². The molecule has 0 saturated heterocycles. The third-order valence-corrected chi connectivity index (χ3v) is 1.94. The topological polar surface area (TPSA) is 79.3 Å². The van der Waals surface area contributed by atoms with Gasteiger partial charge < -0.3 is 10.4 Å². The summed E-state index contributed by atoms with van der Waals surface area (Å²) in [5.74, 6) is -0.883. The Kier molecular flexibility index (Phi) is 4.39. The minimum atomic E-state index is -1.04. The third-order valence-electron chi connectivity index (χ3n) is 1.94. The minimum Gasteiger partial charge on any atom is -0.478 e. The molecule has 90 valence electrons. The lowest BCUT2D eigenvalue weighted by molar-refractivity contribution is -0.131. The van der Waals surface area contributed by atoms with Crippen LogP contribution in [0.2, 0.25) is 0 Å². The van der Waals surface area contributed by atoms with Gasteiger partial charge >= 0.3 is 5.97 Å². The predicted octanol–water partition coefficient (Wildman–Crippen LogP) is 1.77. The molecule has 0 aromatic carbocycles. The Balaban J connectivity index is 2.79. The molecule has 0 radical (unpaired) electrons. The molecule has 1 aromatic heterocycles. The van der Waals surface area contributed by atoms with Crippen molar-refractivity contribution < 1.29 is 14.7 Å². The van der Waals surface area contributed by atoms with Gasteiger partial charge in [-0.05, 0) is 18.2 Å². The summed E-state index contributed by atoms with van der Waals surface area (Å²) in [4.78, 5) is 25.9. The van der Waals surface area contributed by atoms with Gasteiger partial charge in [0.05, 0.1) is 5.69 Å². The van der Waals surface area contributed by atoms with Gasteiger partial charge in [0.1, 0.15) is 5.82 Å². The third kappa shape index (κ3) is 4.46. The first-order chi connectivity index (χ1) is 7.99. The highest BCUT2D eigenvalue weighted by Crippen LogP contribution is 2.08. The van der Waals surface area contributed by atoms with Crippen molar-refractivity contribution in [3.05, 3.63) is 30.0 Å². The second-order valence-corrected chi connectivity index (χ2v) is 3.76. The molecule has 0 unspecified atom stereocenters. The van der Waals surface area contributed by atoms with Crippen molar-refractivity contribution in [3.8, 4) is 0 Å². The summed E-state index contributed by atoms with van der Waals surface area (Å²) in [6.07, 6.45) is 2.36. The zero-order valence-electron chi connectivity index (χ0n) is 9.68. The molecule has 0 aliphatic carbocycles. The number of nitrogens with zero attached hydrogens (tertiary/aromatic N) is 1. The highest BCUT2D eigenvalue weighted by Gasteiger charge is 2.07. The number of aliphatic carboxylic acids is 1. The number of amides is 1. The Bertz CT molecular complexity index is 453. The monoisotopic (exact) mass is 234 g/mol. The second kappa shape index (κ2) is 5.79. The molecule has 0 saturated carbocycles. The first-order valence-electron chi connectivity index (χ1n) is 5.18. The first kappa shape index (κ1) is 12.9. The van der Waals surface area contributed by atoms with Crippen molar-refractivity contribution in [2.45, 2.75) is 13.8 Å². The number of carboxylic acid groups (broad SMARTS) is 1. The van der Waals surface area contributed by atoms with Gasteiger partial charge in [-0.2, -0.15) is 0 Å². The fourth-order valence-corrected chi connectivity index (χ4v) is 1.04. The van der Waals surface area contributed by atoms with Crippen LogP contribution in [0.1, 0.15) is 19.5 Å². The molecule has 0 aliphatic rings. The van der Waals surface area contributed by atoms with Crippen LogP contribution in [-0.4, -0.2) is 22.0 Å². The van der Waals surface area contributed by atoms with E-state index in [1.807, 2.05) is 0 Å². The minimum absolute atomic E-state index is 0.128. The van der Waals surface area contributed by atoms with Crippen LogP contribution < -0.4 is 5.32 Å². The van der Waals surface area contributed by atoms with Gasteiger partial charge in [-0.25, -0.2) is 9.78 Å². The lowest BCUT2D eigenvalue weighted by Crippen LogP contribution is -2.18. The Labute approximate surface area is 99.2 Å². The van der Waals surface area contributed by atoms with Gasteiger partial charge in [-0.3, -0.25) is 4.79 Å². The van der Waals surface area contributed by atoms with Crippen molar-refractivity contribution in [1.29, 1.82) is 0 Å². The molecule has 2 N–H and O–H groups in total. The zero-order valence-corrected chi connectivity index (χ0v) is 9.68. The Morgan fingerprint density at radius 3 is 2.71 bits per heavy atom. The van der Waals surface area contributed by atoms with E-state index < -0.39 is 5.97 Å². The number of carbonyl (C=O) groups excluding carboxylic acids is 1. The van der Waals surface area contributed by atoms with E-state index in [0.717, 1.165) is 6.08 Å². The highest BCUT2D eigenvalue weighted by atomic mass is 16.4. The molecular weight excluding hydrogens is 220 g/mol. The van der Waals surface area contributed by atoms with Crippen LogP contribution in [0.3, 0.4) is 0 Å². The van der Waals surface area contributed by atoms with Gasteiger partial charge in [0.25, 0.3) is 0 Å². The average molecular weight is 234 g/mol. The summed E-state index contributed by atoms with van der Waals surface area (Å²) in [6.45, 7) is 3.56. The van der Waals surface area contributed by atoms with Crippen LogP contribution in [0.5, 0.6) is 0 Å². The lowest BCUT2D eigenvalue weighted by atomic mass is 10.2. The maximum absolute atomic E-state index is 11.4. The van der Waals surface area contributed by atoms with Gasteiger partial charge in [0, 0.05) is 12.0 Å². The molecule has 1 amide bonds. The van der Waals surface area contributed by atoms with E-state index in [2.05, 4.69) is 10.3 Å². The zero-order chi connectivity index (χ0) is 12.8. The fourth-order valence-electron chi connectivity index (χ4n) is 1.04. The molecule has 0 spiro atoms. The Hall–Kier alpha value is -2.17. The van der Waals surface area contributed by atoms with Gasteiger partial charge in [0.15, 0.2) is 0 Å². The van der Waals surface area contributed by atoms with Crippen LogP contribution in [0.4, 0.5) is 5.82 Å². The number of anilines is 1. The largest absolute Gasteiger partial charge is 0.478 e. The summed E-state index contributed by atoms with van der Waals surface area (Å²) in [5.41, 5.74) is 0.481. The van der Waals surface area contributed by atoms with Crippen LogP contribution in [-0.2, 0) is 9.59 Å². The Morgan fingerprint density at radius 1 is 1.41 bits per heavy atom. The van der Waals surface area contributed by atoms with Gasteiger partial charge in [-0.15, -0.1) is 0 Å².